The fourth-order valence-electron chi connectivity index (χ4n) is 4.52. The summed E-state index contributed by atoms with van der Waals surface area (Å²) in [6, 6.07) is 19.6. The number of nitrogens with one attached hydrogen (secondary N) is 1. The molecule has 0 aliphatic carbocycles. The number of ether oxygens (including phenoxy) is 2. The highest BCUT2D eigenvalue weighted by atomic mass is 127. The highest BCUT2D eigenvalue weighted by molar-refractivity contribution is 14.0. The summed E-state index contributed by atoms with van der Waals surface area (Å²) in [7, 11) is 1.73. The van der Waals surface area contributed by atoms with Crippen molar-refractivity contribution in [1.29, 1.82) is 0 Å². The third-order valence-corrected chi connectivity index (χ3v) is 5.99. The van der Waals surface area contributed by atoms with Gasteiger partial charge in [-0.15, -0.1) is 24.0 Å². The van der Waals surface area contributed by atoms with Crippen LogP contribution in [0, 0.1) is 0 Å². The quantitative estimate of drug-likeness (QED) is 0.325. The van der Waals surface area contributed by atoms with E-state index >= 15 is 0 Å². The van der Waals surface area contributed by atoms with Crippen molar-refractivity contribution in [2.45, 2.75) is 38.8 Å². The Morgan fingerprint density at radius 2 is 1.88 bits per heavy atom. The Labute approximate surface area is 209 Å². The number of methoxy groups -OCH3 is 1. The molecule has 2 aromatic carbocycles. The topological polar surface area (TPSA) is 49.3 Å². The standard InChI is InChI=1S/C25H34N4O2.HI/c1-3-26-25(27-15-21-10-7-11-22(14-21)19-30-2)29-17-23-24(18-29)31-13-12-28(23)16-20-8-5-4-6-9-20;/h4-11,14,23-24H,3,12-13,15-19H2,1-2H3,(H,26,27);1H. The molecule has 6 nitrogen and oxygen atoms in total. The molecule has 174 valence electrons. The van der Waals surface area contributed by atoms with E-state index in [1.807, 2.05) is 0 Å². The van der Waals surface area contributed by atoms with Crippen LogP contribution in [-0.2, 0) is 29.2 Å². The zero-order valence-corrected chi connectivity index (χ0v) is 21.4. The number of likely N-dealkylation sites (tertiary alicyclic amines) is 1. The van der Waals surface area contributed by atoms with E-state index < -0.39 is 0 Å². The van der Waals surface area contributed by atoms with E-state index in [2.05, 4.69) is 76.6 Å². The summed E-state index contributed by atoms with van der Waals surface area (Å²) in [5.74, 6) is 0.970. The van der Waals surface area contributed by atoms with E-state index in [1.165, 1.54) is 16.7 Å². The van der Waals surface area contributed by atoms with Crippen molar-refractivity contribution in [1.82, 2.24) is 15.1 Å². The first-order valence-corrected chi connectivity index (χ1v) is 11.3. The first-order chi connectivity index (χ1) is 15.3. The van der Waals surface area contributed by atoms with Crippen molar-refractivity contribution in [2.75, 3.05) is 39.9 Å². The van der Waals surface area contributed by atoms with Gasteiger partial charge in [-0.25, -0.2) is 4.99 Å². The molecule has 2 aliphatic rings. The van der Waals surface area contributed by atoms with Crippen molar-refractivity contribution in [3.05, 3.63) is 71.3 Å². The van der Waals surface area contributed by atoms with Gasteiger partial charge in [-0.05, 0) is 23.6 Å². The predicted molar refractivity (Wildman–Crippen MR) is 139 cm³/mol. The second kappa shape index (κ2) is 12.5. The van der Waals surface area contributed by atoms with Crippen molar-refractivity contribution in [3.8, 4) is 0 Å². The van der Waals surface area contributed by atoms with Gasteiger partial charge in [-0.2, -0.15) is 0 Å². The van der Waals surface area contributed by atoms with Crippen LogP contribution in [-0.4, -0.2) is 67.8 Å². The Morgan fingerprint density at radius 3 is 2.66 bits per heavy atom. The molecule has 0 spiro atoms. The Kier molecular flexibility index (Phi) is 9.77. The largest absolute Gasteiger partial charge is 0.380 e. The van der Waals surface area contributed by atoms with Crippen LogP contribution < -0.4 is 5.32 Å². The molecule has 2 aromatic rings. The molecule has 2 atom stereocenters. The van der Waals surface area contributed by atoms with E-state index in [0.717, 1.165) is 45.3 Å². The molecule has 0 aromatic heterocycles. The normalized spacial score (nSPS) is 21.2. The maximum Gasteiger partial charge on any atom is 0.194 e. The highest BCUT2D eigenvalue weighted by Crippen LogP contribution is 2.25. The van der Waals surface area contributed by atoms with E-state index in [1.54, 1.807) is 7.11 Å². The average Bonchev–Trinajstić information content (AvgIpc) is 3.23. The van der Waals surface area contributed by atoms with Crippen LogP contribution in [0.15, 0.2) is 59.6 Å². The summed E-state index contributed by atoms with van der Waals surface area (Å²) in [4.78, 5) is 9.88. The SMILES string of the molecule is CCNC(=NCc1cccc(COC)c1)N1CC2OCCN(Cc3ccccc3)C2C1.I. The minimum absolute atomic E-state index is 0. The smallest absolute Gasteiger partial charge is 0.194 e. The van der Waals surface area contributed by atoms with Gasteiger partial charge in [0, 0.05) is 39.8 Å². The number of rotatable bonds is 7. The number of guanidine groups is 1. The van der Waals surface area contributed by atoms with Crippen LogP contribution in [0.25, 0.3) is 0 Å². The van der Waals surface area contributed by atoms with Crippen LogP contribution in [0.2, 0.25) is 0 Å². The van der Waals surface area contributed by atoms with Gasteiger partial charge < -0.3 is 19.7 Å². The van der Waals surface area contributed by atoms with Gasteiger partial charge >= 0.3 is 0 Å². The molecule has 0 radical (unpaired) electrons. The fourth-order valence-corrected chi connectivity index (χ4v) is 4.52. The van der Waals surface area contributed by atoms with Crippen LogP contribution in [0.3, 0.4) is 0 Å². The van der Waals surface area contributed by atoms with E-state index in [9.17, 15) is 0 Å². The molecule has 2 aliphatic heterocycles. The number of hydrogen-bond donors (Lipinski definition) is 1. The molecule has 2 heterocycles. The summed E-state index contributed by atoms with van der Waals surface area (Å²) in [6.45, 7) is 8.81. The van der Waals surface area contributed by atoms with E-state index in [0.29, 0.717) is 19.2 Å². The predicted octanol–water partition coefficient (Wildman–Crippen LogP) is 3.50. The van der Waals surface area contributed by atoms with E-state index in [-0.39, 0.29) is 30.1 Å². The molecule has 7 heteroatoms. The fraction of sp³-hybridized carbons (Fsp3) is 0.480. The minimum Gasteiger partial charge on any atom is -0.380 e. The highest BCUT2D eigenvalue weighted by Gasteiger charge is 2.41. The number of morpholine rings is 1. The monoisotopic (exact) mass is 550 g/mol. The molecule has 4 rings (SSSR count). The average molecular weight is 550 g/mol. The van der Waals surface area contributed by atoms with Crippen molar-refractivity contribution < 1.29 is 9.47 Å². The number of halogens is 1. The number of fused-ring (bicyclic) bond motifs is 1. The zero-order valence-electron chi connectivity index (χ0n) is 19.1. The summed E-state index contributed by atoms with van der Waals surface area (Å²) < 4.78 is 11.4. The second-order valence-electron chi connectivity index (χ2n) is 8.26. The van der Waals surface area contributed by atoms with Crippen molar-refractivity contribution >= 4 is 29.9 Å². The molecular weight excluding hydrogens is 515 g/mol. The zero-order chi connectivity index (χ0) is 21.5. The van der Waals surface area contributed by atoms with Gasteiger partial charge in [0.25, 0.3) is 0 Å². The summed E-state index contributed by atoms with van der Waals surface area (Å²) >= 11 is 0. The minimum atomic E-state index is 0. The molecule has 1 N–H and O–H groups in total. The summed E-state index contributed by atoms with van der Waals surface area (Å²) in [6.07, 6.45) is 0.228. The number of nitrogens with zero attached hydrogens (tertiary/aromatic N) is 3. The van der Waals surface area contributed by atoms with Crippen LogP contribution in [0.1, 0.15) is 23.6 Å². The van der Waals surface area contributed by atoms with Crippen molar-refractivity contribution in [3.63, 3.8) is 0 Å². The van der Waals surface area contributed by atoms with Gasteiger partial charge in [-0.3, -0.25) is 4.90 Å². The van der Waals surface area contributed by atoms with Gasteiger partial charge in [0.05, 0.1) is 31.9 Å². The second-order valence-corrected chi connectivity index (χ2v) is 8.26. The number of aliphatic imine (C=N–C) groups is 1. The first-order valence-electron chi connectivity index (χ1n) is 11.3. The molecular formula is C25H35IN4O2. The van der Waals surface area contributed by atoms with Crippen LogP contribution >= 0.6 is 24.0 Å². The van der Waals surface area contributed by atoms with Crippen LogP contribution in [0.4, 0.5) is 0 Å². The third-order valence-electron chi connectivity index (χ3n) is 5.99. The van der Waals surface area contributed by atoms with Gasteiger partial charge in [0.1, 0.15) is 0 Å². The van der Waals surface area contributed by atoms with Gasteiger partial charge in [-0.1, -0.05) is 54.6 Å². The molecule has 0 bridgehead atoms. The molecule has 0 saturated carbocycles. The van der Waals surface area contributed by atoms with Crippen LogP contribution in [0.5, 0.6) is 0 Å². The maximum absolute atomic E-state index is 6.15. The maximum atomic E-state index is 6.15. The Bertz CT molecular complexity index is 864. The third kappa shape index (κ3) is 6.43. The summed E-state index contributed by atoms with van der Waals surface area (Å²) in [5.41, 5.74) is 3.74. The number of hydrogen-bond acceptors (Lipinski definition) is 4. The Hall–Kier alpha value is -1.68. The van der Waals surface area contributed by atoms with Crippen molar-refractivity contribution in [2.24, 2.45) is 4.99 Å². The lowest BCUT2D eigenvalue weighted by Gasteiger charge is -2.36. The lowest BCUT2D eigenvalue weighted by Crippen LogP contribution is -2.50. The van der Waals surface area contributed by atoms with Gasteiger partial charge in [0.2, 0.25) is 0 Å². The molecule has 2 saturated heterocycles. The molecule has 32 heavy (non-hydrogen) atoms. The van der Waals surface area contributed by atoms with E-state index in [4.69, 9.17) is 14.5 Å². The molecule has 2 fully saturated rings. The Morgan fingerprint density at radius 1 is 1.09 bits per heavy atom. The number of benzene rings is 2. The summed E-state index contributed by atoms with van der Waals surface area (Å²) in [5, 5.41) is 3.49. The Balaban J connectivity index is 0.00000289. The van der Waals surface area contributed by atoms with Gasteiger partial charge in [0.15, 0.2) is 5.96 Å². The lowest BCUT2D eigenvalue weighted by molar-refractivity contribution is -0.0502. The molecule has 0 amide bonds. The lowest BCUT2D eigenvalue weighted by atomic mass is 10.1. The molecule has 2 unspecified atom stereocenters. The first kappa shape index (κ1) is 25.0.